The highest BCUT2D eigenvalue weighted by atomic mass is 16.4. The maximum atomic E-state index is 5.81. The molecule has 88 valence electrons. The lowest BCUT2D eigenvalue weighted by Crippen LogP contribution is -2.21. The molecule has 0 bridgehead atoms. The van der Waals surface area contributed by atoms with Gasteiger partial charge in [-0.15, -0.1) is 0 Å². The van der Waals surface area contributed by atoms with Gasteiger partial charge in [-0.1, -0.05) is 13.8 Å². The van der Waals surface area contributed by atoms with Crippen LogP contribution < -0.4 is 5.32 Å². The van der Waals surface area contributed by atoms with Crippen molar-refractivity contribution in [1.29, 1.82) is 0 Å². The maximum absolute atomic E-state index is 5.81. The first-order valence-corrected chi connectivity index (χ1v) is 6.40. The fourth-order valence-corrected chi connectivity index (χ4v) is 2.83. The zero-order chi connectivity index (χ0) is 11.1. The first-order valence-electron chi connectivity index (χ1n) is 6.40. The van der Waals surface area contributed by atoms with E-state index in [1.165, 1.54) is 19.3 Å². The minimum Gasteiger partial charge on any atom is -0.444 e. The Bertz CT molecular complexity index is 362. The largest absolute Gasteiger partial charge is 0.444 e. The topological polar surface area (TPSA) is 38.1 Å². The lowest BCUT2D eigenvalue weighted by Gasteiger charge is -2.07. The minimum atomic E-state index is 0.481. The Labute approximate surface area is 96.6 Å². The summed E-state index contributed by atoms with van der Waals surface area (Å²) in [4.78, 5) is 4.34. The van der Waals surface area contributed by atoms with Gasteiger partial charge in [-0.05, 0) is 31.1 Å². The fourth-order valence-electron chi connectivity index (χ4n) is 2.83. The summed E-state index contributed by atoms with van der Waals surface area (Å²) >= 11 is 0. The molecule has 3 heteroatoms. The lowest BCUT2D eigenvalue weighted by molar-refractivity contribution is 0.394. The van der Waals surface area contributed by atoms with Crippen LogP contribution in [0.4, 0.5) is 0 Å². The average Bonchev–Trinajstić information content (AvgIpc) is 2.71. The highest BCUT2D eigenvalue weighted by molar-refractivity contribution is 5.10. The summed E-state index contributed by atoms with van der Waals surface area (Å²) in [6, 6.07) is 0.481. The molecule has 0 spiro atoms. The summed E-state index contributed by atoms with van der Waals surface area (Å²) in [5, 5.41) is 3.33. The van der Waals surface area contributed by atoms with E-state index >= 15 is 0 Å². The zero-order valence-electron chi connectivity index (χ0n) is 10.1. The van der Waals surface area contributed by atoms with Crippen molar-refractivity contribution in [2.75, 3.05) is 0 Å². The number of nitrogens with zero attached hydrogens (tertiary/aromatic N) is 1. The molecule has 2 aliphatic carbocycles. The second-order valence-corrected chi connectivity index (χ2v) is 5.62. The van der Waals surface area contributed by atoms with Crippen molar-refractivity contribution < 1.29 is 4.42 Å². The number of fused-ring (bicyclic) bond motifs is 1. The van der Waals surface area contributed by atoms with Gasteiger partial charge in [-0.3, -0.25) is 0 Å². The summed E-state index contributed by atoms with van der Waals surface area (Å²) in [5.74, 6) is 4.63. The van der Waals surface area contributed by atoms with Crippen molar-refractivity contribution in [3.05, 3.63) is 17.8 Å². The van der Waals surface area contributed by atoms with Crippen LogP contribution in [0.15, 0.2) is 10.6 Å². The van der Waals surface area contributed by atoms with E-state index in [9.17, 15) is 0 Å². The first kappa shape index (κ1) is 10.3. The second-order valence-electron chi connectivity index (χ2n) is 5.62. The third-order valence-corrected chi connectivity index (χ3v) is 3.88. The zero-order valence-corrected chi connectivity index (χ0v) is 10.1. The van der Waals surface area contributed by atoms with Crippen molar-refractivity contribution in [2.45, 2.75) is 51.6 Å². The van der Waals surface area contributed by atoms with E-state index in [1.807, 2.05) is 6.20 Å². The molecule has 2 aliphatic rings. The Morgan fingerprint density at radius 3 is 2.81 bits per heavy atom. The van der Waals surface area contributed by atoms with Gasteiger partial charge >= 0.3 is 0 Å². The summed E-state index contributed by atoms with van der Waals surface area (Å²) in [6.07, 6.45) is 6.06. The van der Waals surface area contributed by atoms with Gasteiger partial charge in [0, 0.05) is 12.0 Å². The van der Waals surface area contributed by atoms with E-state index in [4.69, 9.17) is 4.42 Å². The fraction of sp³-hybridized carbons (Fsp3) is 0.769. The van der Waals surface area contributed by atoms with Gasteiger partial charge in [0.15, 0.2) is 0 Å². The van der Waals surface area contributed by atoms with E-state index in [-0.39, 0.29) is 0 Å². The molecule has 0 radical (unpaired) electrons. The van der Waals surface area contributed by atoms with Crippen molar-refractivity contribution in [2.24, 2.45) is 11.8 Å². The molecule has 0 aliphatic heterocycles. The Kier molecular flexibility index (Phi) is 2.51. The normalized spacial score (nSPS) is 32.1. The Balaban J connectivity index is 1.59. The molecule has 1 heterocycles. The average molecular weight is 220 g/mol. The van der Waals surface area contributed by atoms with Gasteiger partial charge in [0.25, 0.3) is 0 Å². The number of hydrogen-bond acceptors (Lipinski definition) is 3. The van der Waals surface area contributed by atoms with Crippen molar-refractivity contribution in [1.82, 2.24) is 10.3 Å². The predicted octanol–water partition coefficient (Wildman–Crippen LogP) is 2.69. The Morgan fingerprint density at radius 1 is 1.38 bits per heavy atom. The molecular weight excluding hydrogens is 200 g/mol. The molecule has 3 nitrogen and oxygen atoms in total. The highest BCUT2D eigenvalue weighted by Crippen LogP contribution is 2.57. The lowest BCUT2D eigenvalue weighted by atomic mass is 10.0. The Morgan fingerprint density at radius 2 is 2.12 bits per heavy atom. The monoisotopic (exact) mass is 220 g/mol. The number of oxazole rings is 1. The third kappa shape index (κ3) is 2.01. The van der Waals surface area contributed by atoms with Crippen LogP contribution in [0.2, 0.25) is 0 Å². The molecule has 0 aromatic carbocycles. The maximum Gasteiger partial charge on any atom is 0.208 e. The summed E-state index contributed by atoms with van der Waals surface area (Å²) < 4.78 is 5.81. The molecule has 0 saturated heterocycles. The molecule has 2 unspecified atom stereocenters. The Hall–Kier alpha value is -0.830. The molecule has 0 amide bonds. The molecule has 2 saturated carbocycles. The summed E-state index contributed by atoms with van der Waals surface area (Å²) in [7, 11) is 0. The van der Waals surface area contributed by atoms with E-state index in [0.29, 0.717) is 12.0 Å². The van der Waals surface area contributed by atoms with Gasteiger partial charge in [0.1, 0.15) is 5.76 Å². The smallest absolute Gasteiger partial charge is 0.208 e. The van der Waals surface area contributed by atoms with E-state index < -0.39 is 0 Å². The molecule has 1 N–H and O–H groups in total. The van der Waals surface area contributed by atoms with Crippen LogP contribution in [0.1, 0.15) is 50.7 Å². The quantitative estimate of drug-likeness (QED) is 0.847. The van der Waals surface area contributed by atoms with E-state index in [0.717, 1.165) is 30.0 Å². The van der Waals surface area contributed by atoms with Gasteiger partial charge in [-0.2, -0.15) is 0 Å². The molecule has 3 rings (SSSR count). The molecular formula is C13H20N2O. The highest BCUT2D eigenvalue weighted by Gasteiger charge is 2.47. The number of nitrogens with one attached hydrogen (secondary N) is 1. The van der Waals surface area contributed by atoms with Crippen LogP contribution in [0, 0.1) is 11.8 Å². The molecule has 1 aromatic heterocycles. The van der Waals surface area contributed by atoms with Gasteiger partial charge < -0.3 is 9.73 Å². The van der Waals surface area contributed by atoms with Crippen LogP contribution in [0.5, 0.6) is 0 Å². The standard InChI is InChI=1S/C13H20N2O/c1-8(2)14-7-13-15-6-12(16-13)11-4-9-3-10(9)5-11/h6,8-11,14H,3-5,7H2,1-2H3. The number of rotatable bonds is 4. The van der Waals surface area contributed by atoms with E-state index in [2.05, 4.69) is 24.1 Å². The van der Waals surface area contributed by atoms with Crippen LogP contribution in [-0.2, 0) is 6.54 Å². The molecule has 16 heavy (non-hydrogen) atoms. The van der Waals surface area contributed by atoms with Gasteiger partial charge in [0.2, 0.25) is 5.89 Å². The second kappa shape index (κ2) is 3.88. The van der Waals surface area contributed by atoms with Gasteiger partial charge in [-0.25, -0.2) is 4.98 Å². The van der Waals surface area contributed by atoms with Crippen molar-refractivity contribution >= 4 is 0 Å². The van der Waals surface area contributed by atoms with Crippen LogP contribution >= 0.6 is 0 Å². The van der Waals surface area contributed by atoms with E-state index in [1.54, 1.807) is 0 Å². The summed E-state index contributed by atoms with van der Waals surface area (Å²) in [5.41, 5.74) is 0. The molecule has 2 fully saturated rings. The third-order valence-electron chi connectivity index (χ3n) is 3.88. The van der Waals surface area contributed by atoms with Gasteiger partial charge in [0.05, 0.1) is 12.7 Å². The van der Waals surface area contributed by atoms with Crippen molar-refractivity contribution in [3.8, 4) is 0 Å². The number of aromatic nitrogens is 1. The van der Waals surface area contributed by atoms with Crippen LogP contribution in [-0.4, -0.2) is 11.0 Å². The van der Waals surface area contributed by atoms with Crippen LogP contribution in [0.3, 0.4) is 0 Å². The SMILES string of the molecule is CC(C)NCc1ncc(C2CC3CC3C2)o1. The molecule has 1 aromatic rings. The minimum absolute atomic E-state index is 0.481. The first-order chi connectivity index (χ1) is 7.72. The molecule has 2 atom stereocenters. The number of hydrogen-bond donors (Lipinski definition) is 1. The predicted molar refractivity (Wildman–Crippen MR) is 62.1 cm³/mol. The summed E-state index contributed by atoms with van der Waals surface area (Å²) in [6.45, 7) is 5.01. The van der Waals surface area contributed by atoms with Crippen molar-refractivity contribution in [3.63, 3.8) is 0 Å². The van der Waals surface area contributed by atoms with Crippen LogP contribution in [0.25, 0.3) is 0 Å².